The highest BCUT2D eigenvalue weighted by Crippen LogP contribution is 2.22. The molecule has 1 aromatic carbocycles. The molecule has 1 heterocycles. The van der Waals surface area contributed by atoms with Crippen molar-refractivity contribution < 1.29 is 9.50 Å². The summed E-state index contributed by atoms with van der Waals surface area (Å²) in [6.07, 6.45) is 1.65. The average Bonchev–Trinajstić information content (AvgIpc) is 2.38. The fourth-order valence-electron chi connectivity index (χ4n) is 2.00. The van der Waals surface area contributed by atoms with Crippen LogP contribution in [0.25, 0.3) is 11.1 Å². The molecule has 1 atom stereocenters. The lowest BCUT2D eigenvalue weighted by Gasteiger charge is -2.28. The summed E-state index contributed by atoms with van der Waals surface area (Å²) in [6, 6.07) is 8.88. The fraction of sp³-hybridized carbons (Fsp3) is 0.312. The molecule has 0 spiro atoms. The predicted molar refractivity (Wildman–Crippen MR) is 77.1 cm³/mol. The number of pyridine rings is 1. The third kappa shape index (κ3) is 2.80. The van der Waals surface area contributed by atoms with E-state index in [1.54, 1.807) is 51.2 Å². The second-order valence-corrected chi connectivity index (χ2v) is 5.47. The highest BCUT2D eigenvalue weighted by Gasteiger charge is 2.25. The summed E-state index contributed by atoms with van der Waals surface area (Å²) in [7, 11) is 0. The van der Waals surface area contributed by atoms with Crippen molar-refractivity contribution in [3.05, 3.63) is 58.8 Å². The minimum atomic E-state index is -1.01. The van der Waals surface area contributed by atoms with E-state index in [0.717, 1.165) is 0 Å². The molecule has 1 aromatic heterocycles. The molecule has 0 saturated heterocycles. The van der Waals surface area contributed by atoms with Gasteiger partial charge in [0, 0.05) is 11.8 Å². The van der Waals surface area contributed by atoms with Gasteiger partial charge < -0.3 is 9.67 Å². The Morgan fingerprint density at radius 3 is 2.35 bits per heavy atom. The number of hydrogen-bond acceptors (Lipinski definition) is 2. The largest absolute Gasteiger partial charge is 0.388 e. The highest BCUT2D eigenvalue weighted by molar-refractivity contribution is 5.62. The highest BCUT2D eigenvalue weighted by atomic mass is 19.1. The van der Waals surface area contributed by atoms with Crippen molar-refractivity contribution in [2.75, 3.05) is 0 Å². The Morgan fingerprint density at radius 2 is 1.80 bits per heavy atom. The zero-order chi connectivity index (χ0) is 14.9. The monoisotopic (exact) mass is 275 g/mol. The van der Waals surface area contributed by atoms with Crippen LogP contribution in [0.5, 0.6) is 0 Å². The van der Waals surface area contributed by atoms with E-state index in [1.807, 2.05) is 0 Å². The first-order valence-electron chi connectivity index (χ1n) is 6.50. The van der Waals surface area contributed by atoms with Gasteiger partial charge in [-0.05, 0) is 50.6 Å². The molecule has 2 aromatic rings. The number of aliphatic hydroxyl groups is 1. The van der Waals surface area contributed by atoms with Crippen LogP contribution in [-0.4, -0.2) is 15.3 Å². The number of rotatable bonds is 3. The van der Waals surface area contributed by atoms with Crippen LogP contribution < -0.4 is 5.56 Å². The molecule has 0 saturated carbocycles. The number of aromatic nitrogens is 1. The van der Waals surface area contributed by atoms with Crippen LogP contribution >= 0.6 is 0 Å². The van der Waals surface area contributed by atoms with Gasteiger partial charge in [-0.15, -0.1) is 0 Å². The van der Waals surface area contributed by atoms with Crippen LogP contribution in [0, 0.1) is 5.82 Å². The van der Waals surface area contributed by atoms with Crippen LogP contribution in [0.1, 0.15) is 26.8 Å². The van der Waals surface area contributed by atoms with E-state index in [4.69, 9.17) is 0 Å². The molecule has 4 heteroatoms. The Hall–Kier alpha value is -1.94. The maximum atomic E-state index is 13.0. The van der Waals surface area contributed by atoms with E-state index >= 15 is 0 Å². The first-order chi connectivity index (χ1) is 9.30. The van der Waals surface area contributed by atoms with Gasteiger partial charge in [0.15, 0.2) is 0 Å². The summed E-state index contributed by atoms with van der Waals surface area (Å²) in [5, 5.41) is 10.1. The maximum absolute atomic E-state index is 13.0. The standard InChI is InChI=1S/C16H18FNO2/c1-11(16(2,3)20)18-10-4-5-14(15(18)19)12-6-8-13(17)9-7-12/h4-11,20H,1-3H3. The molecule has 20 heavy (non-hydrogen) atoms. The third-order valence-corrected chi connectivity index (χ3v) is 3.57. The molecule has 0 fully saturated rings. The van der Waals surface area contributed by atoms with Gasteiger partial charge in [-0.2, -0.15) is 0 Å². The Morgan fingerprint density at radius 1 is 1.20 bits per heavy atom. The van der Waals surface area contributed by atoms with Crippen LogP contribution in [0.3, 0.4) is 0 Å². The fourth-order valence-corrected chi connectivity index (χ4v) is 2.00. The molecule has 106 valence electrons. The topological polar surface area (TPSA) is 42.2 Å². The lowest BCUT2D eigenvalue weighted by atomic mass is 9.99. The van der Waals surface area contributed by atoms with Gasteiger partial charge in [0.25, 0.3) is 5.56 Å². The normalized spacial score (nSPS) is 13.2. The average molecular weight is 275 g/mol. The van der Waals surface area contributed by atoms with Crippen molar-refractivity contribution in [3.8, 4) is 11.1 Å². The smallest absolute Gasteiger partial charge is 0.258 e. The molecule has 0 amide bonds. The second kappa shape index (κ2) is 5.21. The van der Waals surface area contributed by atoms with E-state index in [9.17, 15) is 14.3 Å². The number of nitrogens with zero attached hydrogens (tertiary/aromatic N) is 1. The molecule has 1 N–H and O–H groups in total. The minimum Gasteiger partial charge on any atom is -0.388 e. The van der Waals surface area contributed by atoms with E-state index in [1.165, 1.54) is 16.7 Å². The predicted octanol–water partition coefficient (Wildman–Crippen LogP) is 2.99. The molecule has 0 bridgehead atoms. The summed E-state index contributed by atoms with van der Waals surface area (Å²) in [5.41, 5.74) is -0.0587. The van der Waals surface area contributed by atoms with E-state index in [0.29, 0.717) is 11.1 Å². The zero-order valence-corrected chi connectivity index (χ0v) is 11.8. The van der Waals surface area contributed by atoms with Crippen molar-refractivity contribution in [3.63, 3.8) is 0 Å². The van der Waals surface area contributed by atoms with Gasteiger partial charge in [-0.1, -0.05) is 12.1 Å². The molecule has 0 aliphatic rings. The lowest BCUT2D eigenvalue weighted by Crippen LogP contribution is -2.37. The van der Waals surface area contributed by atoms with Crippen LogP contribution in [0.15, 0.2) is 47.4 Å². The van der Waals surface area contributed by atoms with Gasteiger partial charge in [0.05, 0.1) is 11.6 Å². The molecule has 0 aliphatic heterocycles. The molecule has 1 unspecified atom stereocenters. The van der Waals surface area contributed by atoms with Crippen LogP contribution in [-0.2, 0) is 0 Å². The van der Waals surface area contributed by atoms with Gasteiger partial charge in [-0.3, -0.25) is 4.79 Å². The molecular weight excluding hydrogens is 257 g/mol. The quantitative estimate of drug-likeness (QED) is 0.935. The summed E-state index contributed by atoms with van der Waals surface area (Å²) >= 11 is 0. The van der Waals surface area contributed by atoms with Crippen molar-refractivity contribution in [2.24, 2.45) is 0 Å². The number of benzene rings is 1. The Balaban J connectivity index is 2.53. The molecule has 2 rings (SSSR count). The maximum Gasteiger partial charge on any atom is 0.258 e. The molecule has 0 aliphatic carbocycles. The van der Waals surface area contributed by atoms with E-state index < -0.39 is 5.60 Å². The summed E-state index contributed by atoms with van der Waals surface area (Å²) in [6.45, 7) is 5.11. The van der Waals surface area contributed by atoms with Gasteiger partial charge in [0.1, 0.15) is 5.82 Å². The first kappa shape index (κ1) is 14.5. The van der Waals surface area contributed by atoms with Crippen LogP contribution in [0.2, 0.25) is 0 Å². The zero-order valence-electron chi connectivity index (χ0n) is 11.8. The van der Waals surface area contributed by atoms with Crippen molar-refractivity contribution in [1.82, 2.24) is 4.57 Å². The van der Waals surface area contributed by atoms with Crippen molar-refractivity contribution in [1.29, 1.82) is 0 Å². The summed E-state index contributed by atoms with van der Waals surface area (Å²) < 4.78 is 14.4. The lowest BCUT2D eigenvalue weighted by molar-refractivity contribution is 0.0292. The Kier molecular flexibility index (Phi) is 3.77. The van der Waals surface area contributed by atoms with Crippen molar-refractivity contribution >= 4 is 0 Å². The number of hydrogen-bond donors (Lipinski definition) is 1. The van der Waals surface area contributed by atoms with E-state index in [2.05, 4.69) is 0 Å². The Labute approximate surface area is 117 Å². The van der Waals surface area contributed by atoms with E-state index in [-0.39, 0.29) is 17.4 Å². The first-order valence-corrected chi connectivity index (χ1v) is 6.50. The van der Waals surface area contributed by atoms with Gasteiger partial charge in [0.2, 0.25) is 0 Å². The molecule has 3 nitrogen and oxygen atoms in total. The summed E-state index contributed by atoms with van der Waals surface area (Å²) in [5.74, 6) is -0.338. The SMILES string of the molecule is CC(n1cccc(-c2ccc(F)cc2)c1=O)C(C)(C)O. The van der Waals surface area contributed by atoms with Gasteiger partial charge >= 0.3 is 0 Å². The Bertz CT molecular complexity index is 653. The third-order valence-electron chi connectivity index (χ3n) is 3.57. The second-order valence-electron chi connectivity index (χ2n) is 5.47. The molecular formula is C16H18FNO2. The van der Waals surface area contributed by atoms with Crippen molar-refractivity contribution in [2.45, 2.75) is 32.4 Å². The van der Waals surface area contributed by atoms with Gasteiger partial charge in [-0.25, -0.2) is 4.39 Å². The minimum absolute atomic E-state index is 0.200. The van der Waals surface area contributed by atoms with Crippen LogP contribution in [0.4, 0.5) is 4.39 Å². The molecule has 0 radical (unpaired) electrons. The summed E-state index contributed by atoms with van der Waals surface area (Å²) in [4.78, 5) is 12.5. The number of halogens is 1.